The van der Waals surface area contributed by atoms with Gasteiger partial charge in [0.15, 0.2) is 0 Å². The number of esters is 1. The molecule has 0 radical (unpaired) electrons. The maximum Gasteiger partial charge on any atom is 0.327 e. The van der Waals surface area contributed by atoms with Crippen LogP contribution in [0, 0.1) is 5.92 Å². The molecule has 0 aliphatic heterocycles. The summed E-state index contributed by atoms with van der Waals surface area (Å²) in [5.41, 5.74) is -0.153. The highest BCUT2D eigenvalue weighted by Crippen LogP contribution is 2.16. The van der Waals surface area contributed by atoms with Crippen LogP contribution in [0.5, 0.6) is 0 Å². The maximum absolute atomic E-state index is 11.9. The third-order valence-electron chi connectivity index (χ3n) is 2.75. The van der Waals surface area contributed by atoms with Gasteiger partial charge in [0.2, 0.25) is 0 Å². The van der Waals surface area contributed by atoms with E-state index in [0.717, 1.165) is 4.68 Å². The zero-order valence-electron chi connectivity index (χ0n) is 11.4. The molecule has 8 heteroatoms. The molecule has 1 aromatic rings. The van der Waals surface area contributed by atoms with E-state index in [1.807, 2.05) is 6.92 Å². The van der Waals surface area contributed by atoms with Gasteiger partial charge in [-0.2, -0.15) is 5.10 Å². The number of aliphatic hydroxyl groups excluding tert-OH is 1. The Kier molecular flexibility index (Phi) is 6.47. The lowest BCUT2D eigenvalue weighted by Crippen LogP contribution is -2.28. The first kappa shape index (κ1) is 16.5. The van der Waals surface area contributed by atoms with Gasteiger partial charge in [-0.25, -0.2) is 4.68 Å². The van der Waals surface area contributed by atoms with Crippen molar-refractivity contribution in [3.63, 3.8) is 0 Å². The van der Waals surface area contributed by atoms with Gasteiger partial charge in [0.25, 0.3) is 5.56 Å². The van der Waals surface area contributed by atoms with E-state index >= 15 is 0 Å². The second kappa shape index (κ2) is 7.86. The van der Waals surface area contributed by atoms with Crippen molar-refractivity contribution < 1.29 is 14.6 Å². The van der Waals surface area contributed by atoms with Gasteiger partial charge in [0.05, 0.1) is 19.0 Å². The predicted octanol–water partition coefficient (Wildman–Crippen LogP) is 0.500. The summed E-state index contributed by atoms with van der Waals surface area (Å²) in [7, 11) is 1.23. The van der Waals surface area contributed by atoms with Gasteiger partial charge >= 0.3 is 5.97 Å². The fourth-order valence-corrected chi connectivity index (χ4v) is 1.71. The highest BCUT2D eigenvalue weighted by atomic mass is 35.5. The number of aromatic nitrogens is 2. The van der Waals surface area contributed by atoms with E-state index in [1.54, 1.807) is 0 Å². The van der Waals surface area contributed by atoms with Crippen molar-refractivity contribution in [2.75, 3.05) is 25.6 Å². The van der Waals surface area contributed by atoms with Crippen LogP contribution < -0.4 is 10.9 Å². The van der Waals surface area contributed by atoms with Crippen molar-refractivity contribution in [2.24, 2.45) is 5.92 Å². The van der Waals surface area contributed by atoms with Crippen LogP contribution in [0.2, 0.25) is 5.02 Å². The zero-order chi connectivity index (χ0) is 15.1. The number of hydrogen-bond acceptors (Lipinski definition) is 6. The molecule has 0 bridgehead atoms. The standard InChI is InChI=1S/C12H18ClN3O4/c1-8(3-4-17)5-14-9-6-15-16(7-10(18)20-2)12(19)11(9)13/h6,8,14,17H,3-5,7H2,1-2H3. The Balaban J connectivity index is 2.78. The molecule has 0 aliphatic rings. The lowest BCUT2D eigenvalue weighted by molar-refractivity contribution is -0.141. The number of methoxy groups -OCH3 is 1. The number of rotatable bonds is 7. The van der Waals surface area contributed by atoms with E-state index in [4.69, 9.17) is 16.7 Å². The van der Waals surface area contributed by atoms with Gasteiger partial charge < -0.3 is 15.2 Å². The summed E-state index contributed by atoms with van der Waals surface area (Å²) in [6.45, 7) is 2.34. The van der Waals surface area contributed by atoms with E-state index in [2.05, 4.69) is 15.2 Å². The molecule has 2 N–H and O–H groups in total. The van der Waals surface area contributed by atoms with Gasteiger partial charge in [0.1, 0.15) is 11.6 Å². The van der Waals surface area contributed by atoms with Crippen molar-refractivity contribution in [1.82, 2.24) is 9.78 Å². The van der Waals surface area contributed by atoms with E-state index in [0.29, 0.717) is 18.7 Å². The van der Waals surface area contributed by atoms with Gasteiger partial charge in [-0.15, -0.1) is 0 Å². The minimum atomic E-state index is -0.576. The number of aliphatic hydroxyl groups is 1. The van der Waals surface area contributed by atoms with Crippen LogP contribution in [0.4, 0.5) is 5.69 Å². The fourth-order valence-electron chi connectivity index (χ4n) is 1.49. The fraction of sp³-hybridized carbons (Fsp3) is 0.583. The average molecular weight is 304 g/mol. The second-order valence-corrected chi connectivity index (χ2v) is 4.79. The number of ether oxygens (including phenoxy) is 1. The number of carbonyl (C=O) groups excluding carboxylic acids is 1. The van der Waals surface area contributed by atoms with Crippen LogP contribution in [0.25, 0.3) is 0 Å². The van der Waals surface area contributed by atoms with Gasteiger partial charge in [0, 0.05) is 13.2 Å². The van der Waals surface area contributed by atoms with Gasteiger partial charge in [-0.05, 0) is 12.3 Å². The molecule has 7 nitrogen and oxygen atoms in total. The van der Waals surface area contributed by atoms with Gasteiger partial charge in [-0.3, -0.25) is 9.59 Å². The van der Waals surface area contributed by atoms with Crippen molar-refractivity contribution >= 4 is 23.3 Å². The molecule has 1 aromatic heterocycles. The summed E-state index contributed by atoms with van der Waals surface area (Å²) in [6.07, 6.45) is 2.04. The monoisotopic (exact) mass is 303 g/mol. The first-order valence-electron chi connectivity index (χ1n) is 6.16. The Labute approximate surface area is 121 Å². The van der Waals surface area contributed by atoms with Crippen LogP contribution >= 0.6 is 11.6 Å². The lowest BCUT2D eigenvalue weighted by atomic mass is 10.1. The number of nitrogens with zero attached hydrogens (tertiary/aromatic N) is 2. The highest BCUT2D eigenvalue weighted by molar-refractivity contribution is 6.32. The normalized spacial score (nSPS) is 12.0. The topological polar surface area (TPSA) is 93.5 Å². The summed E-state index contributed by atoms with van der Waals surface area (Å²) < 4.78 is 5.41. The molecular formula is C12H18ClN3O4. The first-order valence-corrected chi connectivity index (χ1v) is 6.54. The number of carbonyl (C=O) groups is 1. The molecule has 20 heavy (non-hydrogen) atoms. The molecule has 0 aliphatic carbocycles. The molecule has 0 amide bonds. The quantitative estimate of drug-likeness (QED) is 0.713. The predicted molar refractivity (Wildman–Crippen MR) is 74.9 cm³/mol. The summed E-state index contributed by atoms with van der Waals surface area (Å²) in [6, 6.07) is 0. The molecule has 112 valence electrons. The summed E-state index contributed by atoms with van der Waals surface area (Å²) >= 11 is 5.95. The molecular weight excluding hydrogens is 286 g/mol. The third kappa shape index (κ3) is 4.50. The smallest absolute Gasteiger partial charge is 0.327 e. The Morgan fingerprint density at radius 3 is 2.95 bits per heavy atom. The van der Waals surface area contributed by atoms with E-state index < -0.39 is 11.5 Å². The number of halogens is 1. The van der Waals surface area contributed by atoms with E-state index in [-0.39, 0.29) is 24.1 Å². The Bertz CT molecular complexity index is 518. The maximum atomic E-state index is 11.9. The third-order valence-corrected chi connectivity index (χ3v) is 3.12. The Morgan fingerprint density at radius 1 is 1.65 bits per heavy atom. The van der Waals surface area contributed by atoms with Crippen LogP contribution in [-0.2, 0) is 16.1 Å². The minimum absolute atomic E-state index is 0.0277. The van der Waals surface area contributed by atoms with Crippen molar-refractivity contribution in [2.45, 2.75) is 19.9 Å². The molecule has 0 saturated carbocycles. The summed E-state index contributed by atoms with van der Waals surface area (Å²) in [5.74, 6) is -0.346. The number of hydrogen-bond donors (Lipinski definition) is 2. The van der Waals surface area contributed by atoms with Crippen molar-refractivity contribution in [3.05, 3.63) is 21.6 Å². The molecule has 0 saturated heterocycles. The molecule has 1 unspecified atom stereocenters. The molecule has 1 atom stereocenters. The number of anilines is 1. The molecule has 0 fully saturated rings. The zero-order valence-corrected chi connectivity index (χ0v) is 12.2. The molecule has 0 aromatic carbocycles. The highest BCUT2D eigenvalue weighted by Gasteiger charge is 2.12. The first-order chi connectivity index (χ1) is 9.49. The number of nitrogens with one attached hydrogen (secondary N) is 1. The molecule has 1 rings (SSSR count). The summed E-state index contributed by atoms with van der Waals surface area (Å²) in [4.78, 5) is 23.0. The largest absolute Gasteiger partial charge is 0.468 e. The SMILES string of the molecule is COC(=O)Cn1ncc(NCC(C)CCO)c(Cl)c1=O. The van der Waals surface area contributed by atoms with Crippen LogP contribution in [0.3, 0.4) is 0 Å². The Morgan fingerprint density at radius 2 is 2.35 bits per heavy atom. The molecule has 1 heterocycles. The van der Waals surface area contributed by atoms with Gasteiger partial charge in [-0.1, -0.05) is 18.5 Å². The van der Waals surface area contributed by atoms with E-state index in [9.17, 15) is 9.59 Å². The lowest BCUT2D eigenvalue weighted by Gasteiger charge is -2.13. The molecule has 0 spiro atoms. The van der Waals surface area contributed by atoms with Crippen molar-refractivity contribution in [3.8, 4) is 0 Å². The summed E-state index contributed by atoms with van der Waals surface area (Å²) in [5, 5.41) is 15.6. The van der Waals surface area contributed by atoms with Crippen LogP contribution in [-0.4, -0.2) is 41.1 Å². The minimum Gasteiger partial charge on any atom is -0.468 e. The Hall–Kier alpha value is -1.60. The van der Waals surface area contributed by atoms with Crippen LogP contribution in [0.15, 0.2) is 11.0 Å². The van der Waals surface area contributed by atoms with Crippen molar-refractivity contribution in [1.29, 1.82) is 0 Å². The van der Waals surface area contributed by atoms with Crippen LogP contribution in [0.1, 0.15) is 13.3 Å². The van der Waals surface area contributed by atoms with E-state index in [1.165, 1.54) is 13.3 Å². The second-order valence-electron chi connectivity index (χ2n) is 4.41. The average Bonchev–Trinajstić information content (AvgIpc) is 2.43.